The third-order valence-corrected chi connectivity index (χ3v) is 5.46. The van der Waals surface area contributed by atoms with Crippen molar-refractivity contribution in [3.63, 3.8) is 0 Å². The summed E-state index contributed by atoms with van der Waals surface area (Å²) < 4.78 is 7.52. The molecule has 0 amide bonds. The van der Waals surface area contributed by atoms with Gasteiger partial charge in [-0.25, -0.2) is 0 Å². The second-order valence-electron chi connectivity index (χ2n) is 5.79. The molecule has 2 bridgehead atoms. The normalized spacial score (nSPS) is 30.0. The lowest BCUT2D eigenvalue weighted by molar-refractivity contribution is 0.0105. The molecule has 3 heteroatoms. The van der Waals surface area contributed by atoms with Gasteiger partial charge in [-0.05, 0) is 43.2 Å². The maximum absolute atomic E-state index is 6.15. The zero-order valence-corrected chi connectivity index (χ0v) is 11.8. The molecule has 1 aromatic heterocycles. The van der Waals surface area contributed by atoms with Crippen molar-refractivity contribution in [2.45, 2.75) is 50.5 Å². The van der Waals surface area contributed by atoms with Crippen molar-refractivity contribution in [2.75, 3.05) is 0 Å². The van der Waals surface area contributed by atoms with Gasteiger partial charge in [0.1, 0.15) is 0 Å². The Kier molecular flexibility index (Phi) is 3.06. The number of nitrogens with one attached hydrogen (secondary N) is 1. The Bertz CT molecular complexity index is 534. The van der Waals surface area contributed by atoms with E-state index in [9.17, 15) is 0 Å². The van der Waals surface area contributed by atoms with Crippen LogP contribution in [0.4, 0.5) is 0 Å². The van der Waals surface area contributed by atoms with E-state index in [1.807, 2.05) is 11.3 Å². The molecule has 0 radical (unpaired) electrons. The minimum absolute atomic E-state index is 0.462. The number of hydrogen-bond donors (Lipinski definition) is 1. The first-order chi connectivity index (χ1) is 9.37. The molecule has 2 fully saturated rings. The van der Waals surface area contributed by atoms with Gasteiger partial charge in [-0.1, -0.05) is 18.2 Å². The van der Waals surface area contributed by atoms with E-state index in [0.29, 0.717) is 18.2 Å². The minimum atomic E-state index is 0.462. The Hall–Kier alpha value is -0.900. The Morgan fingerprint density at radius 1 is 1.16 bits per heavy atom. The number of fused-ring (bicyclic) bond motifs is 3. The van der Waals surface area contributed by atoms with Gasteiger partial charge in [-0.15, -0.1) is 11.3 Å². The molecule has 3 heterocycles. The Labute approximate surface area is 117 Å². The predicted molar refractivity (Wildman–Crippen MR) is 79.6 cm³/mol. The molecule has 2 aromatic rings. The second-order valence-corrected chi connectivity index (χ2v) is 6.96. The highest BCUT2D eigenvalue weighted by atomic mass is 32.1. The summed E-state index contributed by atoms with van der Waals surface area (Å²) in [4.78, 5) is 1.35. The number of thiophene rings is 1. The third-order valence-electron chi connectivity index (χ3n) is 4.37. The van der Waals surface area contributed by atoms with Gasteiger partial charge in [-0.2, -0.15) is 0 Å². The van der Waals surface area contributed by atoms with E-state index in [0.717, 1.165) is 6.61 Å². The fourth-order valence-electron chi connectivity index (χ4n) is 3.45. The van der Waals surface area contributed by atoms with E-state index in [1.54, 1.807) is 0 Å². The summed E-state index contributed by atoms with van der Waals surface area (Å²) in [5.74, 6) is 0. The van der Waals surface area contributed by atoms with Crippen molar-refractivity contribution in [2.24, 2.45) is 0 Å². The fourth-order valence-corrected chi connectivity index (χ4v) is 4.44. The maximum atomic E-state index is 6.15. The van der Waals surface area contributed by atoms with Gasteiger partial charge in [-0.3, -0.25) is 0 Å². The van der Waals surface area contributed by atoms with E-state index in [4.69, 9.17) is 4.74 Å². The monoisotopic (exact) mass is 273 g/mol. The lowest BCUT2D eigenvalue weighted by atomic mass is 10.0. The summed E-state index contributed by atoms with van der Waals surface area (Å²) in [6.45, 7) is 0.781. The first-order valence-corrected chi connectivity index (χ1v) is 8.03. The predicted octanol–water partition coefficient (Wildman–Crippen LogP) is 3.70. The zero-order valence-electron chi connectivity index (χ0n) is 11.0. The van der Waals surface area contributed by atoms with Crippen LogP contribution >= 0.6 is 11.3 Å². The van der Waals surface area contributed by atoms with Crippen molar-refractivity contribution >= 4 is 21.4 Å². The summed E-state index contributed by atoms with van der Waals surface area (Å²) in [7, 11) is 0. The maximum Gasteiger partial charge on any atom is 0.0813 e. The van der Waals surface area contributed by atoms with Crippen LogP contribution in [0.15, 0.2) is 30.3 Å². The molecule has 0 aliphatic carbocycles. The fraction of sp³-hybridized carbons (Fsp3) is 0.500. The van der Waals surface area contributed by atoms with Crippen molar-refractivity contribution in [3.05, 3.63) is 35.2 Å². The molecule has 1 N–H and O–H groups in total. The Morgan fingerprint density at radius 2 is 1.95 bits per heavy atom. The molecular formula is C16H19NOS. The Morgan fingerprint density at radius 3 is 2.74 bits per heavy atom. The standard InChI is InChI=1S/C16H19NOS/c1-2-4-16-11(3-1)7-15(19-16)10-18-14-8-12-5-6-13(9-14)17-12/h1-4,7,12-14,17H,5-6,8-10H2/t12-,13+,14?. The van der Waals surface area contributed by atoms with Crippen LogP contribution in [0.5, 0.6) is 0 Å². The van der Waals surface area contributed by atoms with Crippen LogP contribution in [0.3, 0.4) is 0 Å². The highest BCUT2D eigenvalue weighted by Gasteiger charge is 2.33. The number of hydrogen-bond acceptors (Lipinski definition) is 3. The average Bonchev–Trinajstić information content (AvgIpc) is 2.99. The van der Waals surface area contributed by atoms with Crippen LogP contribution in [0, 0.1) is 0 Å². The number of benzene rings is 1. The number of rotatable bonds is 3. The van der Waals surface area contributed by atoms with E-state index in [-0.39, 0.29) is 0 Å². The number of piperidine rings is 1. The lowest BCUT2D eigenvalue weighted by Gasteiger charge is -2.28. The molecule has 1 aromatic carbocycles. The molecule has 2 nitrogen and oxygen atoms in total. The Balaban J connectivity index is 1.41. The van der Waals surface area contributed by atoms with Gasteiger partial charge in [0, 0.05) is 21.7 Å². The van der Waals surface area contributed by atoms with E-state index < -0.39 is 0 Å². The van der Waals surface area contributed by atoms with Crippen LogP contribution in [0.25, 0.3) is 10.1 Å². The van der Waals surface area contributed by atoms with E-state index in [1.165, 1.54) is 40.6 Å². The minimum Gasteiger partial charge on any atom is -0.373 e. The molecule has 3 atom stereocenters. The zero-order chi connectivity index (χ0) is 12.7. The average molecular weight is 273 g/mol. The van der Waals surface area contributed by atoms with Crippen LogP contribution < -0.4 is 5.32 Å². The molecule has 4 rings (SSSR count). The molecule has 2 aliphatic heterocycles. The lowest BCUT2D eigenvalue weighted by Crippen LogP contribution is -2.41. The number of ether oxygens (including phenoxy) is 1. The molecule has 1 unspecified atom stereocenters. The first-order valence-electron chi connectivity index (χ1n) is 7.22. The van der Waals surface area contributed by atoms with Crippen molar-refractivity contribution in [1.82, 2.24) is 5.32 Å². The first kappa shape index (κ1) is 11.9. The smallest absolute Gasteiger partial charge is 0.0813 e. The van der Waals surface area contributed by atoms with E-state index in [2.05, 4.69) is 35.6 Å². The largest absolute Gasteiger partial charge is 0.373 e. The highest BCUT2D eigenvalue weighted by molar-refractivity contribution is 7.19. The molecule has 0 saturated carbocycles. The van der Waals surface area contributed by atoms with Crippen LogP contribution in [0.2, 0.25) is 0 Å². The summed E-state index contributed by atoms with van der Waals surface area (Å²) >= 11 is 1.86. The van der Waals surface area contributed by atoms with Gasteiger partial charge in [0.2, 0.25) is 0 Å². The molecular weight excluding hydrogens is 254 g/mol. The molecule has 2 saturated heterocycles. The van der Waals surface area contributed by atoms with Crippen LogP contribution in [0.1, 0.15) is 30.6 Å². The highest BCUT2D eigenvalue weighted by Crippen LogP contribution is 2.30. The topological polar surface area (TPSA) is 21.3 Å². The third kappa shape index (κ3) is 2.42. The SMILES string of the molecule is c1ccc2sc(COC3C[C@H]4CC[C@@H](C3)N4)cc2c1. The second kappa shape index (κ2) is 4.89. The van der Waals surface area contributed by atoms with Gasteiger partial charge >= 0.3 is 0 Å². The van der Waals surface area contributed by atoms with Crippen LogP contribution in [-0.2, 0) is 11.3 Å². The van der Waals surface area contributed by atoms with Gasteiger partial charge in [0.25, 0.3) is 0 Å². The van der Waals surface area contributed by atoms with Crippen LogP contribution in [-0.4, -0.2) is 18.2 Å². The van der Waals surface area contributed by atoms with Gasteiger partial charge < -0.3 is 10.1 Å². The summed E-state index contributed by atoms with van der Waals surface area (Å²) in [5, 5.41) is 5.01. The van der Waals surface area contributed by atoms with Crippen molar-refractivity contribution in [1.29, 1.82) is 0 Å². The summed E-state index contributed by atoms with van der Waals surface area (Å²) in [6, 6.07) is 12.3. The van der Waals surface area contributed by atoms with Crippen molar-refractivity contribution < 1.29 is 4.74 Å². The van der Waals surface area contributed by atoms with E-state index >= 15 is 0 Å². The van der Waals surface area contributed by atoms with Crippen molar-refractivity contribution in [3.8, 4) is 0 Å². The van der Waals surface area contributed by atoms with Gasteiger partial charge in [0.15, 0.2) is 0 Å². The molecule has 100 valence electrons. The molecule has 2 aliphatic rings. The molecule has 0 spiro atoms. The quantitative estimate of drug-likeness (QED) is 0.920. The molecule has 19 heavy (non-hydrogen) atoms. The summed E-state index contributed by atoms with van der Waals surface area (Å²) in [5.41, 5.74) is 0. The van der Waals surface area contributed by atoms with Gasteiger partial charge in [0.05, 0.1) is 12.7 Å². The summed E-state index contributed by atoms with van der Waals surface area (Å²) in [6.07, 6.45) is 5.54.